The molecule has 0 aromatic rings. The molecule has 3 atom stereocenters. The number of carboxylic acids is 1. The maximum absolute atomic E-state index is 13.3. The highest BCUT2D eigenvalue weighted by molar-refractivity contribution is 5.84. The number of aliphatic hydroxyl groups excluding tert-OH is 1. The van der Waals surface area contributed by atoms with Crippen LogP contribution in [0.2, 0.25) is 0 Å². The van der Waals surface area contributed by atoms with Crippen LogP contribution < -0.4 is 5.32 Å². The third-order valence-electron chi connectivity index (χ3n) is 6.62. The van der Waals surface area contributed by atoms with Crippen molar-refractivity contribution in [3.63, 3.8) is 0 Å². The number of ether oxygens (including phenoxy) is 1. The lowest BCUT2D eigenvalue weighted by Gasteiger charge is -2.35. The maximum Gasteiger partial charge on any atom is 0.308 e. The standard InChI is InChI=1S/C22H37NO6/c1-2-29-20(27)16-9-7-10-18(14-16)23-21(28)22(11-4-5-12-22)15-17(19(25)26)8-3-6-13-24/h16-18,24H,2-15H2,1H3,(H,23,28)(H,25,26)/t16-,17?,18+/m0/s1. The predicted molar refractivity (Wildman–Crippen MR) is 108 cm³/mol. The van der Waals surface area contributed by atoms with Gasteiger partial charge in [-0.15, -0.1) is 0 Å². The Bertz CT molecular complexity index is 558. The van der Waals surface area contributed by atoms with Gasteiger partial charge in [0.05, 0.1) is 23.9 Å². The number of hydrogen-bond donors (Lipinski definition) is 3. The van der Waals surface area contributed by atoms with Crippen LogP contribution in [-0.2, 0) is 19.1 Å². The molecule has 2 aliphatic rings. The lowest BCUT2D eigenvalue weighted by molar-refractivity contribution is -0.150. The first-order valence-electron chi connectivity index (χ1n) is 11.2. The second kappa shape index (κ2) is 11.5. The van der Waals surface area contributed by atoms with E-state index in [1.165, 1.54) is 0 Å². The van der Waals surface area contributed by atoms with Crippen LogP contribution in [0.25, 0.3) is 0 Å². The van der Waals surface area contributed by atoms with E-state index >= 15 is 0 Å². The summed E-state index contributed by atoms with van der Waals surface area (Å²) in [6.45, 7) is 2.22. The molecule has 2 rings (SSSR count). The summed E-state index contributed by atoms with van der Waals surface area (Å²) in [7, 11) is 0. The zero-order valence-electron chi connectivity index (χ0n) is 17.7. The number of aliphatic hydroxyl groups is 1. The molecule has 29 heavy (non-hydrogen) atoms. The van der Waals surface area contributed by atoms with Gasteiger partial charge in [0.15, 0.2) is 0 Å². The van der Waals surface area contributed by atoms with Crippen LogP contribution in [0.3, 0.4) is 0 Å². The van der Waals surface area contributed by atoms with Gasteiger partial charge in [0.25, 0.3) is 0 Å². The van der Waals surface area contributed by atoms with Crippen LogP contribution >= 0.6 is 0 Å². The lowest BCUT2D eigenvalue weighted by Crippen LogP contribution is -2.47. The zero-order valence-corrected chi connectivity index (χ0v) is 17.7. The third kappa shape index (κ3) is 6.69. The van der Waals surface area contributed by atoms with Gasteiger partial charge >= 0.3 is 11.9 Å². The Morgan fingerprint density at radius 2 is 1.86 bits per heavy atom. The average molecular weight is 412 g/mol. The first-order valence-corrected chi connectivity index (χ1v) is 11.2. The number of carbonyl (C=O) groups excluding carboxylic acids is 2. The first-order chi connectivity index (χ1) is 13.9. The summed E-state index contributed by atoms with van der Waals surface area (Å²) in [6.07, 6.45) is 8.49. The van der Waals surface area contributed by atoms with Crippen LogP contribution in [0, 0.1) is 17.3 Å². The molecule has 0 aromatic heterocycles. The van der Waals surface area contributed by atoms with Gasteiger partial charge in [-0.25, -0.2) is 0 Å². The highest BCUT2D eigenvalue weighted by Crippen LogP contribution is 2.44. The second-order valence-corrected chi connectivity index (χ2v) is 8.73. The van der Waals surface area contributed by atoms with Crippen molar-refractivity contribution in [3.05, 3.63) is 0 Å². The van der Waals surface area contributed by atoms with Crippen LogP contribution in [-0.4, -0.2) is 47.3 Å². The minimum Gasteiger partial charge on any atom is -0.481 e. The van der Waals surface area contributed by atoms with E-state index in [9.17, 15) is 19.5 Å². The Kier molecular flexibility index (Phi) is 9.40. The molecule has 0 radical (unpaired) electrons. The third-order valence-corrected chi connectivity index (χ3v) is 6.62. The van der Waals surface area contributed by atoms with Crippen molar-refractivity contribution in [2.45, 2.75) is 90.0 Å². The molecule has 2 fully saturated rings. The second-order valence-electron chi connectivity index (χ2n) is 8.73. The van der Waals surface area contributed by atoms with Crippen molar-refractivity contribution in [1.82, 2.24) is 5.32 Å². The molecule has 1 unspecified atom stereocenters. The van der Waals surface area contributed by atoms with Gasteiger partial charge in [-0.1, -0.05) is 25.7 Å². The number of aliphatic carboxylic acids is 1. The average Bonchev–Trinajstić information content (AvgIpc) is 3.17. The van der Waals surface area contributed by atoms with Crippen LogP contribution in [0.5, 0.6) is 0 Å². The Labute approximate surface area is 173 Å². The summed E-state index contributed by atoms with van der Waals surface area (Å²) in [6, 6.07) is -0.0548. The quantitative estimate of drug-likeness (QED) is 0.356. The molecule has 0 aliphatic heterocycles. The number of carboxylic acid groups (broad SMARTS) is 1. The molecule has 7 nitrogen and oxygen atoms in total. The normalized spacial score (nSPS) is 24.6. The number of hydrogen-bond acceptors (Lipinski definition) is 5. The number of esters is 1. The van der Waals surface area contributed by atoms with E-state index in [2.05, 4.69) is 5.32 Å². The first kappa shape index (κ1) is 23.6. The van der Waals surface area contributed by atoms with E-state index in [4.69, 9.17) is 9.84 Å². The molecule has 7 heteroatoms. The van der Waals surface area contributed by atoms with Gasteiger partial charge < -0.3 is 20.3 Å². The summed E-state index contributed by atoms with van der Waals surface area (Å²) in [4.78, 5) is 37.1. The number of amides is 1. The molecular weight excluding hydrogens is 374 g/mol. The number of unbranched alkanes of at least 4 members (excludes halogenated alkanes) is 1. The number of nitrogens with one attached hydrogen (secondary N) is 1. The van der Waals surface area contributed by atoms with E-state index in [1.807, 2.05) is 0 Å². The van der Waals surface area contributed by atoms with Crippen molar-refractivity contribution in [3.8, 4) is 0 Å². The summed E-state index contributed by atoms with van der Waals surface area (Å²) >= 11 is 0. The Balaban J connectivity index is 2.00. The fourth-order valence-electron chi connectivity index (χ4n) is 5.00. The van der Waals surface area contributed by atoms with E-state index in [0.29, 0.717) is 38.7 Å². The Morgan fingerprint density at radius 1 is 1.14 bits per heavy atom. The van der Waals surface area contributed by atoms with Crippen molar-refractivity contribution >= 4 is 17.8 Å². The fraction of sp³-hybridized carbons (Fsp3) is 0.864. The van der Waals surface area contributed by atoms with Gasteiger partial charge in [0, 0.05) is 12.6 Å². The van der Waals surface area contributed by atoms with Gasteiger partial charge in [-0.2, -0.15) is 0 Å². The molecule has 1 amide bonds. The molecule has 0 heterocycles. The summed E-state index contributed by atoms with van der Waals surface area (Å²) in [5, 5.41) is 21.8. The number of rotatable bonds is 11. The number of carbonyl (C=O) groups is 3. The summed E-state index contributed by atoms with van der Waals surface area (Å²) in [5.74, 6) is -1.82. The predicted octanol–water partition coefficient (Wildman–Crippen LogP) is 3.04. The fourth-order valence-corrected chi connectivity index (χ4v) is 5.00. The van der Waals surface area contributed by atoms with Gasteiger partial charge in [-0.3, -0.25) is 14.4 Å². The molecule has 2 saturated carbocycles. The molecule has 0 saturated heterocycles. The smallest absolute Gasteiger partial charge is 0.308 e. The van der Waals surface area contributed by atoms with Gasteiger partial charge in [0.2, 0.25) is 5.91 Å². The minimum atomic E-state index is -0.859. The topological polar surface area (TPSA) is 113 Å². The molecule has 0 spiro atoms. The van der Waals surface area contributed by atoms with E-state index in [0.717, 1.165) is 44.9 Å². The van der Waals surface area contributed by atoms with Crippen molar-refractivity contribution in [2.24, 2.45) is 17.3 Å². The molecule has 2 aliphatic carbocycles. The molecule has 166 valence electrons. The molecule has 3 N–H and O–H groups in total. The zero-order chi connectivity index (χ0) is 21.3. The lowest BCUT2D eigenvalue weighted by atomic mass is 9.75. The SMILES string of the molecule is CCOC(=O)[C@H]1CCC[C@@H](NC(=O)C2(CC(CCCCO)C(=O)O)CCCC2)C1. The van der Waals surface area contributed by atoms with Gasteiger partial charge in [0.1, 0.15) is 0 Å². The monoisotopic (exact) mass is 411 g/mol. The molecule has 0 bridgehead atoms. The molecular formula is C22H37NO6. The largest absolute Gasteiger partial charge is 0.481 e. The van der Waals surface area contributed by atoms with Crippen molar-refractivity contribution in [2.75, 3.05) is 13.2 Å². The van der Waals surface area contributed by atoms with Crippen molar-refractivity contribution in [1.29, 1.82) is 0 Å². The summed E-state index contributed by atoms with van der Waals surface area (Å²) < 4.78 is 5.15. The highest BCUT2D eigenvalue weighted by atomic mass is 16.5. The van der Waals surface area contributed by atoms with Gasteiger partial charge in [-0.05, 0) is 58.3 Å². The van der Waals surface area contributed by atoms with Crippen molar-refractivity contribution < 1.29 is 29.3 Å². The minimum absolute atomic E-state index is 0.0436. The van der Waals surface area contributed by atoms with Crippen LogP contribution in [0.1, 0.15) is 84.0 Å². The summed E-state index contributed by atoms with van der Waals surface area (Å²) in [5.41, 5.74) is -0.626. The highest BCUT2D eigenvalue weighted by Gasteiger charge is 2.45. The van der Waals surface area contributed by atoms with E-state index in [1.54, 1.807) is 6.92 Å². The maximum atomic E-state index is 13.3. The molecule has 0 aromatic carbocycles. The van der Waals surface area contributed by atoms with Crippen LogP contribution in [0.15, 0.2) is 0 Å². The Morgan fingerprint density at radius 3 is 2.48 bits per heavy atom. The van der Waals surface area contributed by atoms with E-state index < -0.39 is 17.3 Å². The van der Waals surface area contributed by atoms with E-state index in [-0.39, 0.29) is 30.4 Å². The Hall–Kier alpha value is -1.63. The van der Waals surface area contributed by atoms with Crippen LogP contribution in [0.4, 0.5) is 0 Å².